The number of hydrogen-bond acceptors (Lipinski definition) is 6. The number of nitrogens with zero attached hydrogens (tertiary/aromatic N) is 3. The molecule has 1 aliphatic heterocycles. The predicted molar refractivity (Wildman–Crippen MR) is 118 cm³/mol. The maximum Gasteiger partial charge on any atom is 0.204 e. The minimum Gasteiger partial charge on any atom is -0.493 e. The molecule has 3 aromatic rings. The molecule has 2 aromatic carbocycles. The summed E-state index contributed by atoms with van der Waals surface area (Å²) in [6.07, 6.45) is 3.77. The van der Waals surface area contributed by atoms with Gasteiger partial charge in [-0.25, -0.2) is 0 Å². The summed E-state index contributed by atoms with van der Waals surface area (Å²) in [6, 6.07) is 9.06. The summed E-state index contributed by atoms with van der Waals surface area (Å²) in [5.74, 6) is 2.98. The Bertz CT molecular complexity index is 1180. The number of benzene rings is 2. The van der Waals surface area contributed by atoms with Gasteiger partial charge in [-0.1, -0.05) is 11.6 Å². The van der Waals surface area contributed by atoms with E-state index in [0.717, 1.165) is 12.8 Å². The van der Waals surface area contributed by atoms with Crippen molar-refractivity contribution in [2.24, 2.45) is 10.7 Å². The largest absolute Gasteiger partial charge is 0.493 e. The normalized spacial score (nSPS) is 15.6. The van der Waals surface area contributed by atoms with Crippen LogP contribution in [0.25, 0.3) is 16.2 Å². The van der Waals surface area contributed by atoms with Gasteiger partial charge in [-0.15, -0.1) is 0 Å². The molecule has 0 atom stereocenters. The van der Waals surface area contributed by atoms with Crippen molar-refractivity contribution < 1.29 is 18.9 Å². The van der Waals surface area contributed by atoms with Crippen LogP contribution in [-0.4, -0.2) is 37.3 Å². The molecule has 5 rings (SSSR count). The lowest BCUT2D eigenvalue weighted by Gasteiger charge is -2.23. The minimum atomic E-state index is 0.232. The van der Waals surface area contributed by atoms with Crippen molar-refractivity contribution in [3.63, 3.8) is 0 Å². The Morgan fingerprint density at radius 1 is 1.16 bits per heavy atom. The summed E-state index contributed by atoms with van der Waals surface area (Å²) < 4.78 is 23.2. The molecule has 0 amide bonds. The Morgan fingerprint density at radius 3 is 2.71 bits per heavy atom. The van der Waals surface area contributed by atoms with Gasteiger partial charge in [0.05, 0.1) is 23.0 Å². The van der Waals surface area contributed by atoms with Crippen molar-refractivity contribution in [2.75, 3.05) is 20.3 Å². The van der Waals surface area contributed by atoms with E-state index in [0.29, 0.717) is 69.6 Å². The lowest BCUT2D eigenvalue weighted by molar-refractivity contribution is 0.167. The predicted octanol–water partition coefficient (Wildman–Crippen LogP) is 4.94. The van der Waals surface area contributed by atoms with Crippen molar-refractivity contribution in [3.8, 4) is 28.7 Å². The van der Waals surface area contributed by atoms with Crippen molar-refractivity contribution >= 4 is 34.2 Å². The second-order valence-electron chi connectivity index (χ2n) is 7.18. The van der Waals surface area contributed by atoms with Crippen LogP contribution in [0.5, 0.6) is 28.7 Å². The standard InChI is InChI=1S/C22H20ClN4O4/c1-28-18-11-16-19(21-20(18)29-8-9-30-21)17(6-7-25-16)31-13-4-5-15(14(23)10-13)27-22(24)26-12-2-3-12/h4-7,10-12H,2-3,8-9H2,1H3,(H2-,24,26,27)/q-1. The number of fused-ring (bicyclic) bond motifs is 3. The lowest BCUT2D eigenvalue weighted by atomic mass is 10.1. The number of pyridine rings is 1. The number of methoxy groups -OCH3 is 1. The van der Waals surface area contributed by atoms with E-state index in [1.54, 1.807) is 43.6 Å². The number of ether oxygens (including phenoxy) is 4. The zero-order chi connectivity index (χ0) is 21.4. The van der Waals surface area contributed by atoms with Crippen LogP contribution < -0.4 is 24.7 Å². The molecule has 0 radical (unpaired) electrons. The van der Waals surface area contributed by atoms with Gasteiger partial charge in [-0.3, -0.25) is 4.98 Å². The molecule has 0 saturated heterocycles. The van der Waals surface area contributed by atoms with Crippen LogP contribution in [0.2, 0.25) is 5.02 Å². The van der Waals surface area contributed by atoms with Crippen LogP contribution in [-0.2, 0) is 0 Å². The Labute approximate surface area is 183 Å². The molecular weight excluding hydrogens is 420 g/mol. The number of rotatable bonds is 5. The Hall–Kier alpha value is -3.39. The molecule has 0 spiro atoms. The Kier molecular flexibility index (Phi) is 5.07. The number of hydrogen-bond donors (Lipinski definition) is 1. The van der Waals surface area contributed by atoms with E-state index < -0.39 is 0 Å². The van der Waals surface area contributed by atoms with Gasteiger partial charge in [0.2, 0.25) is 5.75 Å². The first kappa shape index (κ1) is 19.6. The topological polar surface area (TPSA) is 102 Å². The second-order valence-corrected chi connectivity index (χ2v) is 7.59. The number of halogens is 1. The molecule has 1 aliphatic carbocycles. The first-order chi connectivity index (χ1) is 15.1. The molecule has 0 bridgehead atoms. The fourth-order valence-electron chi connectivity index (χ4n) is 3.32. The molecule has 31 heavy (non-hydrogen) atoms. The van der Waals surface area contributed by atoms with Gasteiger partial charge in [-0.2, -0.15) is 0 Å². The summed E-state index contributed by atoms with van der Waals surface area (Å²) >= 11 is 6.41. The first-order valence-corrected chi connectivity index (χ1v) is 10.3. The maximum atomic E-state index is 6.41. The van der Waals surface area contributed by atoms with E-state index in [1.165, 1.54) is 0 Å². The highest BCUT2D eigenvalue weighted by Crippen LogP contribution is 2.48. The summed E-state index contributed by atoms with van der Waals surface area (Å²) in [7, 11) is 1.58. The average Bonchev–Trinajstić information content (AvgIpc) is 3.59. The third-order valence-electron chi connectivity index (χ3n) is 4.91. The van der Waals surface area contributed by atoms with Crippen LogP contribution in [0.1, 0.15) is 12.8 Å². The molecule has 1 fully saturated rings. The van der Waals surface area contributed by atoms with Gasteiger partial charge in [0.25, 0.3) is 0 Å². The molecule has 2 N–H and O–H groups in total. The SMILES string of the molecule is COc1cc2nccc(Oc3ccc(N=C(N)[N-]C4CC4)c(Cl)c3)c2c2c1OCCO2. The molecule has 2 aliphatic rings. The van der Waals surface area contributed by atoms with E-state index in [4.69, 9.17) is 36.3 Å². The van der Waals surface area contributed by atoms with E-state index in [1.807, 2.05) is 0 Å². The number of aliphatic imine (C=N–C) groups is 1. The second kappa shape index (κ2) is 8.03. The smallest absolute Gasteiger partial charge is 0.204 e. The molecule has 0 unspecified atom stereocenters. The zero-order valence-electron chi connectivity index (χ0n) is 16.8. The monoisotopic (exact) mass is 439 g/mol. The van der Waals surface area contributed by atoms with Crippen molar-refractivity contribution in [1.29, 1.82) is 0 Å². The summed E-state index contributed by atoms with van der Waals surface area (Å²) in [4.78, 5) is 8.72. The fraction of sp³-hybridized carbons (Fsp3) is 0.273. The summed E-state index contributed by atoms with van der Waals surface area (Å²) in [5.41, 5.74) is 7.08. The van der Waals surface area contributed by atoms with Crippen LogP contribution >= 0.6 is 11.6 Å². The first-order valence-electron chi connectivity index (χ1n) is 9.90. The lowest BCUT2D eigenvalue weighted by Crippen LogP contribution is -2.16. The Balaban J connectivity index is 1.48. The van der Waals surface area contributed by atoms with Crippen LogP contribution in [0, 0.1) is 0 Å². The molecule has 1 saturated carbocycles. The average molecular weight is 440 g/mol. The number of aromatic nitrogens is 1. The van der Waals surface area contributed by atoms with E-state index in [2.05, 4.69) is 15.3 Å². The van der Waals surface area contributed by atoms with Crippen molar-refractivity contribution in [3.05, 3.63) is 46.9 Å². The quantitative estimate of drug-likeness (QED) is 0.446. The number of guanidine groups is 1. The fourth-order valence-corrected chi connectivity index (χ4v) is 3.54. The van der Waals surface area contributed by atoms with Crippen LogP contribution in [0.15, 0.2) is 41.5 Å². The van der Waals surface area contributed by atoms with Gasteiger partial charge < -0.3 is 35.0 Å². The molecule has 9 heteroatoms. The van der Waals surface area contributed by atoms with Gasteiger partial charge in [0.15, 0.2) is 11.5 Å². The van der Waals surface area contributed by atoms with Gasteiger partial charge in [0, 0.05) is 30.0 Å². The summed E-state index contributed by atoms with van der Waals surface area (Å²) in [5, 5.41) is 5.41. The van der Waals surface area contributed by atoms with Crippen molar-refractivity contribution in [2.45, 2.75) is 18.9 Å². The number of nitrogens with two attached hydrogens (primary N) is 1. The molecule has 2 heterocycles. The third kappa shape index (κ3) is 3.98. The maximum absolute atomic E-state index is 6.41. The third-order valence-corrected chi connectivity index (χ3v) is 5.21. The van der Waals surface area contributed by atoms with Crippen LogP contribution in [0.4, 0.5) is 5.69 Å². The highest BCUT2D eigenvalue weighted by molar-refractivity contribution is 6.33. The summed E-state index contributed by atoms with van der Waals surface area (Å²) in [6.45, 7) is 0.870. The van der Waals surface area contributed by atoms with E-state index in [-0.39, 0.29) is 5.96 Å². The van der Waals surface area contributed by atoms with Gasteiger partial charge in [0.1, 0.15) is 24.7 Å². The highest BCUT2D eigenvalue weighted by atomic mass is 35.5. The molecule has 160 valence electrons. The zero-order valence-corrected chi connectivity index (χ0v) is 17.6. The highest BCUT2D eigenvalue weighted by Gasteiger charge is 2.24. The molecule has 8 nitrogen and oxygen atoms in total. The van der Waals surface area contributed by atoms with Crippen LogP contribution in [0.3, 0.4) is 0 Å². The molecule has 1 aromatic heterocycles. The minimum absolute atomic E-state index is 0.232. The van der Waals surface area contributed by atoms with E-state index >= 15 is 0 Å². The van der Waals surface area contributed by atoms with Gasteiger partial charge >= 0.3 is 0 Å². The van der Waals surface area contributed by atoms with Gasteiger partial charge in [-0.05, 0) is 37.1 Å². The Morgan fingerprint density at radius 2 is 1.97 bits per heavy atom. The van der Waals surface area contributed by atoms with E-state index in [9.17, 15) is 0 Å². The van der Waals surface area contributed by atoms with Crippen molar-refractivity contribution in [1.82, 2.24) is 4.98 Å². The molecular formula is C22H20ClN4O4-.